The third kappa shape index (κ3) is 5.23. The summed E-state index contributed by atoms with van der Waals surface area (Å²) >= 11 is 0. The van der Waals surface area contributed by atoms with Crippen LogP contribution >= 0.6 is 0 Å². The Labute approximate surface area is 193 Å². The quantitative estimate of drug-likeness (QED) is 0.447. The maximum Gasteiger partial charge on any atom is 0.133 e. The van der Waals surface area contributed by atoms with E-state index in [2.05, 4.69) is 34.9 Å². The van der Waals surface area contributed by atoms with Crippen LogP contribution < -0.4 is 20.3 Å². The molecular weight excluding hydrogens is 416 g/mol. The first-order chi connectivity index (χ1) is 16.0. The summed E-state index contributed by atoms with van der Waals surface area (Å²) in [5.74, 6) is 1.39. The molecule has 0 saturated heterocycles. The summed E-state index contributed by atoms with van der Waals surface area (Å²) in [5.41, 5.74) is 5.55. The van der Waals surface area contributed by atoms with Gasteiger partial charge in [-0.1, -0.05) is 13.8 Å². The molecule has 4 aromatic rings. The Hall–Kier alpha value is -3.65. The molecule has 172 valence electrons. The minimum absolute atomic E-state index is 0.396. The first kappa shape index (κ1) is 22.5. The summed E-state index contributed by atoms with van der Waals surface area (Å²) in [6, 6.07) is 12.2. The molecule has 0 aliphatic heterocycles. The van der Waals surface area contributed by atoms with Crippen LogP contribution in [0.15, 0.2) is 60.0 Å². The maximum atomic E-state index is 5.42. The van der Waals surface area contributed by atoms with Gasteiger partial charge in [0.15, 0.2) is 0 Å². The van der Waals surface area contributed by atoms with Gasteiger partial charge in [0.05, 0.1) is 37.1 Å². The number of fused-ring (bicyclic) bond motifs is 1. The predicted molar refractivity (Wildman–Crippen MR) is 130 cm³/mol. The molecule has 8 nitrogen and oxygen atoms in total. The second-order valence-electron chi connectivity index (χ2n) is 8.17. The molecule has 0 amide bonds. The lowest BCUT2D eigenvalue weighted by Gasteiger charge is -2.15. The Bertz CT molecular complexity index is 1300. The molecule has 0 radical (unpaired) electrons. The molecule has 0 aliphatic rings. The molecule has 0 spiro atoms. The Morgan fingerprint density at radius 1 is 1.00 bits per heavy atom. The van der Waals surface area contributed by atoms with Crippen molar-refractivity contribution >= 4 is 16.7 Å². The molecule has 1 aromatic carbocycles. The minimum Gasteiger partial charge on any atom is -0.497 e. The lowest BCUT2D eigenvalue weighted by atomic mass is 10.1. The zero-order valence-corrected chi connectivity index (χ0v) is 19.7. The molecule has 0 unspecified atom stereocenters. The topological polar surface area (TPSA) is 78.5 Å². The van der Waals surface area contributed by atoms with E-state index in [9.17, 15) is 0 Å². The summed E-state index contributed by atoms with van der Waals surface area (Å²) in [4.78, 5) is 9.66. The van der Waals surface area contributed by atoms with Crippen LogP contribution in [0.2, 0.25) is 0 Å². The van der Waals surface area contributed by atoms with Gasteiger partial charge in [0.2, 0.25) is 0 Å². The highest BCUT2D eigenvalue weighted by Gasteiger charge is 2.09. The second-order valence-corrected chi connectivity index (χ2v) is 8.17. The fourth-order valence-electron chi connectivity index (χ4n) is 3.69. The van der Waals surface area contributed by atoms with Crippen molar-refractivity contribution in [3.05, 3.63) is 60.5 Å². The molecule has 0 atom stereocenters. The van der Waals surface area contributed by atoms with Crippen molar-refractivity contribution in [1.29, 1.82) is 0 Å². The zero-order chi connectivity index (χ0) is 23.4. The van der Waals surface area contributed by atoms with E-state index in [1.165, 1.54) is 0 Å². The normalized spacial score (nSPS) is 12.0. The number of rotatable bonds is 8. The Morgan fingerprint density at radius 2 is 1.76 bits per heavy atom. The van der Waals surface area contributed by atoms with Gasteiger partial charge in [-0.3, -0.25) is 9.67 Å². The van der Waals surface area contributed by atoms with E-state index in [1.54, 1.807) is 18.9 Å². The van der Waals surface area contributed by atoms with Crippen LogP contribution in [0.3, 0.4) is 0 Å². The van der Waals surface area contributed by atoms with Gasteiger partial charge in [0.1, 0.15) is 17.0 Å². The SMILES string of the molecule is COc1cc(/N=c2\ccc3ncc(-c4cnn(C)c4)cc3n2CCNC(C)C)cc(OC)c1. The van der Waals surface area contributed by atoms with Crippen molar-refractivity contribution in [2.24, 2.45) is 12.0 Å². The number of benzene rings is 1. The number of ether oxygens (including phenoxy) is 2. The van der Waals surface area contributed by atoms with E-state index >= 15 is 0 Å². The van der Waals surface area contributed by atoms with Gasteiger partial charge < -0.3 is 19.4 Å². The highest BCUT2D eigenvalue weighted by atomic mass is 16.5. The molecule has 0 aliphatic carbocycles. The summed E-state index contributed by atoms with van der Waals surface area (Å²) in [6.07, 6.45) is 5.73. The number of hydrogen-bond donors (Lipinski definition) is 1. The van der Waals surface area contributed by atoms with Gasteiger partial charge in [0, 0.05) is 67.9 Å². The fraction of sp³-hybridized carbons (Fsp3) is 0.320. The van der Waals surface area contributed by atoms with Gasteiger partial charge in [-0.25, -0.2) is 4.99 Å². The number of aryl methyl sites for hydroxylation is 1. The van der Waals surface area contributed by atoms with E-state index in [1.807, 2.05) is 56.0 Å². The number of nitrogens with zero attached hydrogens (tertiary/aromatic N) is 5. The highest BCUT2D eigenvalue weighted by Crippen LogP contribution is 2.27. The highest BCUT2D eigenvalue weighted by molar-refractivity contribution is 5.80. The average molecular weight is 447 g/mol. The van der Waals surface area contributed by atoms with Crippen LogP contribution in [0.1, 0.15) is 13.8 Å². The van der Waals surface area contributed by atoms with Crippen LogP contribution in [-0.4, -0.2) is 46.1 Å². The van der Waals surface area contributed by atoms with Gasteiger partial charge in [-0.05, 0) is 18.2 Å². The molecule has 3 aromatic heterocycles. The maximum absolute atomic E-state index is 5.42. The van der Waals surface area contributed by atoms with E-state index in [4.69, 9.17) is 19.5 Å². The standard InChI is InChI=1S/C25H30N6O2/c1-17(2)26-8-9-31-24-10-18(19-15-28-30(3)16-19)14-27-23(24)6-7-25(31)29-20-11-21(32-4)13-22(12-20)33-5/h6-7,10-17,26H,8-9H2,1-5H3/b29-25+. The van der Waals surface area contributed by atoms with Crippen LogP contribution in [0, 0.1) is 0 Å². The van der Waals surface area contributed by atoms with Crippen molar-refractivity contribution in [1.82, 2.24) is 24.6 Å². The lowest BCUT2D eigenvalue weighted by Crippen LogP contribution is -2.31. The number of nitrogens with one attached hydrogen (secondary N) is 1. The molecule has 4 rings (SSSR count). The smallest absolute Gasteiger partial charge is 0.133 e. The first-order valence-electron chi connectivity index (χ1n) is 11.0. The molecule has 0 fully saturated rings. The number of pyridine rings is 2. The van der Waals surface area contributed by atoms with Crippen LogP contribution in [0.25, 0.3) is 22.2 Å². The Balaban J connectivity index is 1.88. The van der Waals surface area contributed by atoms with E-state index in [0.29, 0.717) is 17.5 Å². The van der Waals surface area contributed by atoms with Crippen molar-refractivity contribution in [2.75, 3.05) is 20.8 Å². The Kier molecular flexibility index (Phi) is 6.74. The molecule has 3 heterocycles. The third-order valence-electron chi connectivity index (χ3n) is 5.36. The van der Waals surface area contributed by atoms with Gasteiger partial charge in [-0.2, -0.15) is 5.10 Å². The molecule has 8 heteroatoms. The summed E-state index contributed by atoms with van der Waals surface area (Å²) in [6.45, 7) is 5.84. The number of aromatic nitrogens is 4. The van der Waals surface area contributed by atoms with E-state index < -0.39 is 0 Å². The molecule has 33 heavy (non-hydrogen) atoms. The molecule has 0 saturated carbocycles. The minimum atomic E-state index is 0.396. The van der Waals surface area contributed by atoms with Gasteiger partial charge in [0.25, 0.3) is 0 Å². The summed E-state index contributed by atoms with van der Waals surface area (Å²) < 4.78 is 14.8. The van der Waals surface area contributed by atoms with Crippen molar-refractivity contribution in [2.45, 2.75) is 26.4 Å². The van der Waals surface area contributed by atoms with Crippen molar-refractivity contribution in [3.8, 4) is 22.6 Å². The zero-order valence-electron chi connectivity index (χ0n) is 19.7. The number of methoxy groups -OCH3 is 2. The third-order valence-corrected chi connectivity index (χ3v) is 5.36. The summed E-state index contributed by atoms with van der Waals surface area (Å²) in [5, 5.41) is 7.80. The molecular formula is C25H30N6O2. The number of hydrogen-bond acceptors (Lipinski definition) is 6. The predicted octanol–water partition coefficient (Wildman–Crippen LogP) is 3.68. The van der Waals surface area contributed by atoms with Gasteiger partial charge in [-0.15, -0.1) is 0 Å². The van der Waals surface area contributed by atoms with Crippen molar-refractivity contribution < 1.29 is 9.47 Å². The van der Waals surface area contributed by atoms with Crippen LogP contribution in [0.4, 0.5) is 5.69 Å². The molecule has 1 N–H and O–H groups in total. The average Bonchev–Trinajstić information content (AvgIpc) is 3.25. The monoisotopic (exact) mass is 446 g/mol. The molecule has 0 bridgehead atoms. The largest absolute Gasteiger partial charge is 0.497 e. The van der Waals surface area contributed by atoms with Gasteiger partial charge >= 0.3 is 0 Å². The van der Waals surface area contributed by atoms with E-state index in [0.717, 1.165) is 46.4 Å². The van der Waals surface area contributed by atoms with Crippen LogP contribution in [0.5, 0.6) is 11.5 Å². The first-order valence-corrected chi connectivity index (χ1v) is 11.0. The van der Waals surface area contributed by atoms with Crippen molar-refractivity contribution in [3.63, 3.8) is 0 Å². The lowest BCUT2D eigenvalue weighted by molar-refractivity contribution is 0.394. The van der Waals surface area contributed by atoms with E-state index in [-0.39, 0.29) is 0 Å². The summed E-state index contributed by atoms with van der Waals surface area (Å²) in [7, 11) is 5.19. The van der Waals surface area contributed by atoms with Crippen LogP contribution in [-0.2, 0) is 13.6 Å². The fourth-order valence-corrected chi connectivity index (χ4v) is 3.69. The second kappa shape index (κ2) is 9.87. The Morgan fingerprint density at radius 3 is 2.39 bits per heavy atom.